The van der Waals surface area contributed by atoms with Crippen molar-refractivity contribution in [3.63, 3.8) is 0 Å². The van der Waals surface area contributed by atoms with E-state index in [1.807, 2.05) is 0 Å². The van der Waals surface area contributed by atoms with Crippen LogP contribution in [-0.2, 0) is 6.18 Å². The van der Waals surface area contributed by atoms with Gasteiger partial charge in [0, 0.05) is 11.9 Å². The third-order valence-electron chi connectivity index (χ3n) is 4.78. The van der Waals surface area contributed by atoms with Crippen LogP contribution in [0.1, 0.15) is 21.5 Å². The van der Waals surface area contributed by atoms with Gasteiger partial charge in [-0.25, -0.2) is 4.39 Å². The van der Waals surface area contributed by atoms with E-state index in [9.17, 15) is 22.4 Å². The molecule has 0 aliphatic carbocycles. The maximum Gasteiger partial charge on any atom is 0.416 e. The number of amides is 1. The van der Waals surface area contributed by atoms with Gasteiger partial charge in [-0.15, -0.1) is 0 Å². The summed E-state index contributed by atoms with van der Waals surface area (Å²) in [5.41, 5.74) is 0.940. The zero-order valence-corrected chi connectivity index (χ0v) is 15.2. The van der Waals surface area contributed by atoms with Crippen LogP contribution in [0.15, 0.2) is 60.9 Å². The number of nitrogens with zero attached hydrogens (tertiary/aromatic N) is 3. The smallest absolute Gasteiger partial charge is 0.322 e. The zero-order valence-electron chi connectivity index (χ0n) is 15.2. The lowest BCUT2D eigenvalue weighted by Gasteiger charge is -2.39. The maximum absolute atomic E-state index is 13.6. The number of hydrogen-bond acceptors (Lipinski definition) is 3. The number of halogens is 4. The predicted octanol–water partition coefficient (Wildman–Crippen LogP) is 5.30. The van der Waals surface area contributed by atoms with E-state index >= 15 is 0 Å². The van der Waals surface area contributed by atoms with Crippen LogP contribution >= 0.6 is 0 Å². The Hall–Kier alpha value is -3.42. The Morgan fingerprint density at radius 1 is 1.00 bits per heavy atom. The van der Waals surface area contributed by atoms with Crippen molar-refractivity contribution in [2.45, 2.75) is 13.1 Å². The largest absolute Gasteiger partial charge is 0.416 e. The average Bonchev–Trinajstić information content (AvgIpc) is 2.69. The molecule has 1 aliphatic heterocycles. The summed E-state index contributed by atoms with van der Waals surface area (Å²) >= 11 is 0. The van der Waals surface area contributed by atoms with Crippen LogP contribution in [0.2, 0.25) is 0 Å². The zero-order chi connectivity index (χ0) is 20.8. The van der Waals surface area contributed by atoms with Crippen LogP contribution in [0.5, 0.6) is 0 Å². The van der Waals surface area contributed by atoms with Crippen molar-refractivity contribution < 1.29 is 22.4 Å². The summed E-state index contributed by atoms with van der Waals surface area (Å²) < 4.78 is 53.5. The molecule has 29 heavy (non-hydrogen) atoms. The molecule has 0 spiro atoms. The van der Waals surface area contributed by atoms with Crippen LogP contribution in [0.3, 0.4) is 0 Å². The molecule has 8 heteroatoms. The fourth-order valence-corrected chi connectivity index (χ4v) is 3.38. The van der Waals surface area contributed by atoms with Gasteiger partial charge in [0.05, 0.1) is 28.7 Å². The second kappa shape index (κ2) is 6.88. The molecule has 0 fully saturated rings. The Balaban J connectivity index is 1.90. The molecule has 0 bridgehead atoms. The third-order valence-corrected chi connectivity index (χ3v) is 4.78. The van der Waals surface area contributed by atoms with Crippen LogP contribution in [0, 0.1) is 12.7 Å². The SMILES string of the molecule is Cc1cc(F)ccc1N1CN(c2cccnc2)C(=O)c2ccc(C(F)(F)F)cc21. The number of fused-ring (bicyclic) bond motifs is 1. The molecule has 0 N–H and O–H groups in total. The Bertz CT molecular complexity index is 1080. The lowest BCUT2D eigenvalue weighted by molar-refractivity contribution is -0.137. The predicted molar refractivity (Wildman–Crippen MR) is 101 cm³/mol. The van der Waals surface area contributed by atoms with E-state index in [0.717, 1.165) is 12.1 Å². The van der Waals surface area contributed by atoms with Crippen LogP contribution in [0.25, 0.3) is 0 Å². The molecule has 0 atom stereocenters. The van der Waals surface area contributed by atoms with Gasteiger partial charge >= 0.3 is 6.18 Å². The number of alkyl halides is 3. The van der Waals surface area contributed by atoms with Crippen molar-refractivity contribution in [1.29, 1.82) is 0 Å². The molecular weight excluding hydrogens is 386 g/mol. The van der Waals surface area contributed by atoms with Gasteiger partial charge < -0.3 is 4.90 Å². The van der Waals surface area contributed by atoms with Gasteiger partial charge in [0.1, 0.15) is 12.5 Å². The molecule has 1 amide bonds. The molecule has 0 saturated heterocycles. The van der Waals surface area contributed by atoms with E-state index in [1.54, 1.807) is 30.2 Å². The maximum atomic E-state index is 13.6. The van der Waals surface area contributed by atoms with E-state index in [0.29, 0.717) is 16.9 Å². The summed E-state index contributed by atoms with van der Waals surface area (Å²) in [5, 5.41) is 0. The van der Waals surface area contributed by atoms with E-state index in [2.05, 4.69) is 4.98 Å². The van der Waals surface area contributed by atoms with Gasteiger partial charge in [-0.1, -0.05) is 0 Å². The van der Waals surface area contributed by atoms with Gasteiger partial charge in [0.2, 0.25) is 0 Å². The van der Waals surface area contributed by atoms with Crippen molar-refractivity contribution in [1.82, 2.24) is 4.98 Å². The first kappa shape index (κ1) is 18.9. The highest BCUT2D eigenvalue weighted by Crippen LogP contribution is 2.40. The lowest BCUT2D eigenvalue weighted by atomic mass is 10.0. The Labute approximate surface area is 164 Å². The highest BCUT2D eigenvalue weighted by Gasteiger charge is 2.36. The Morgan fingerprint density at radius 2 is 1.79 bits per heavy atom. The van der Waals surface area contributed by atoms with Gasteiger partial charge in [-0.3, -0.25) is 14.7 Å². The van der Waals surface area contributed by atoms with E-state index in [4.69, 9.17) is 0 Å². The molecule has 0 unspecified atom stereocenters. The average molecular weight is 401 g/mol. The van der Waals surface area contributed by atoms with Gasteiger partial charge in [-0.2, -0.15) is 13.2 Å². The second-order valence-corrected chi connectivity index (χ2v) is 6.67. The molecule has 3 aromatic rings. The molecule has 1 aliphatic rings. The molecule has 1 aromatic heterocycles. The number of rotatable bonds is 2. The molecule has 0 radical (unpaired) electrons. The number of carbonyl (C=O) groups is 1. The minimum Gasteiger partial charge on any atom is -0.322 e. The quantitative estimate of drug-likeness (QED) is 0.547. The van der Waals surface area contributed by atoms with Gasteiger partial charge in [0.25, 0.3) is 5.91 Å². The number of benzene rings is 2. The fraction of sp³-hybridized carbons (Fsp3) is 0.143. The summed E-state index contributed by atoms with van der Waals surface area (Å²) in [6, 6.07) is 10.4. The van der Waals surface area contributed by atoms with Crippen molar-refractivity contribution in [3.8, 4) is 0 Å². The highest BCUT2D eigenvalue weighted by molar-refractivity contribution is 6.12. The van der Waals surface area contributed by atoms with E-state index in [1.165, 1.54) is 35.4 Å². The Kier molecular flexibility index (Phi) is 4.49. The fourth-order valence-electron chi connectivity index (χ4n) is 3.38. The van der Waals surface area contributed by atoms with Crippen LogP contribution in [0.4, 0.5) is 34.6 Å². The van der Waals surface area contributed by atoms with Crippen LogP contribution in [-0.4, -0.2) is 17.6 Å². The summed E-state index contributed by atoms with van der Waals surface area (Å²) in [7, 11) is 0. The van der Waals surface area contributed by atoms with Gasteiger partial charge in [0.15, 0.2) is 0 Å². The second-order valence-electron chi connectivity index (χ2n) is 6.67. The first-order valence-corrected chi connectivity index (χ1v) is 8.72. The lowest BCUT2D eigenvalue weighted by Crippen LogP contribution is -2.45. The summed E-state index contributed by atoms with van der Waals surface area (Å²) in [5.74, 6) is -0.884. The first-order chi connectivity index (χ1) is 13.8. The third kappa shape index (κ3) is 3.41. The standard InChI is InChI=1S/C21H15F4N3O/c1-13-9-15(22)5-7-18(13)28-12-27(16-3-2-8-26-11-16)20(29)17-6-4-14(10-19(17)28)21(23,24)25/h2-11H,12H2,1H3. The minimum absolute atomic E-state index is 0.0364. The number of pyridine rings is 1. The van der Waals surface area contributed by atoms with Crippen LogP contribution < -0.4 is 9.80 Å². The highest BCUT2D eigenvalue weighted by atomic mass is 19.4. The van der Waals surface area contributed by atoms with E-state index in [-0.39, 0.29) is 17.9 Å². The number of anilines is 3. The number of hydrogen-bond donors (Lipinski definition) is 0. The summed E-state index contributed by atoms with van der Waals surface area (Å²) in [4.78, 5) is 20.0. The molecule has 2 aromatic carbocycles. The number of aromatic nitrogens is 1. The summed E-state index contributed by atoms with van der Waals surface area (Å²) in [6.45, 7) is 1.63. The van der Waals surface area contributed by atoms with E-state index < -0.39 is 23.5 Å². The number of carbonyl (C=O) groups excluding carboxylic acids is 1. The van der Waals surface area contributed by atoms with Crippen molar-refractivity contribution in [3.05, 3.63) is 83.4 Å². The monoisotopic (exact) mass is 401 g/mol. The van der Waals surface area contributed by atoms with Gasteiger partial charge in [-0.05, 0) is 61.0 Å². The van der Waals surface area contributed by atoms with Crippen molar-refractivity contribution >= 4 is 23.0 Å². The topological polar surface area (TPSA) is 36.4 Å². The van der Waals surface area contributed by atoms with Crippen molar-refractivity contribution in [2.75, 3.05) is 16.5 Å². The van der Waals surface area contributed by atoms with Crippen molar-refractivity contribution in [2.24, 2.45) is 0 Å². The Morgan fingerprint density at radius 3 is 2.45 bits per heavy atom. The minimum atomic E-state index is -4.55. The number of aryl methyl sites for hydroxylation is 1. The molecule has 2 heterocycles. The molecule has 4 rings (SSSR count). The summed E-state index contributed by atoms with van der Waals surface area (Å²) in [6.07, 6.45) is -1.49. The molecular formula is C21H15F4N3O. The first-order valence-electron chi connectivity index (χ1n) is 8.72. The molecule has 148 valence electrons. The molecule has 0 saturated carbocycles. The molecule has 4 nitrogen and oxygen atoms in total. The normalized spacial score (nSPS) is 14.2.